The van der Waals surface area contributed by atoms with E-state index in [0.29, 0.717) is 35.5 Å². The number of hydrogen-bond donors (Lipinski definition) is 2. The molecule has 0 bridgehead atoms. The van der Waals surface area contributed by atoms with Gasteiger partial charge in [-0.2, -0.15) is 9.49 Å². The van der Waals surface area contributed by atoms with Crippen LogP contribution in [0.3, 0.4) is 0 Å². The molecule has 2 aromatic carbocycles. The van der Waals surface area contributed by atoms with E-state index in [1.54, 1.807) is 43.3 Å². The van der Waals surface area contributed by atoms with E-state index >= 15 is 0 Å². The number of anilines is 1. The average Bonchev–Trinajstić information content (AvgIpc) is 3.23. The van der Waals surface area contributed by atoms with Crippen molar-refractivity contribution in [3.05, 3.63) is 94.8 Å². The maximum Gasteiger partial charge on any atom is 0.269 e. The first-order valence-corrected chi connectivity index (χ1v) is 12.7. The molecule has 4 heterocycles. The lowest BCUT2D eigenvalue weighted by Gasteiger charge is -2.22. The predicted molar refractivity (Wildman–Crippen MR) is 143 cm³/mol. The summed E-state index contributed by atoms with van der Waals surface area (Å²) in [5.41, 5.74) is 1.72. The van der Waals surface area contributed by atoms with Gasteiger partial charge in [0.2, 0.25) is 18.0 Å². The molecular formula is C29H24F2N6O3. The van der Waals surface area contributed by atoms with Crippen LogP contribution in [0.1, 0.15) is 40.5 Å². The van der Waals surface area contributed by atoms with Gasteiger partial charge in [0.05, 0.1) is 23.1 Å². The number of ether oxygens (including phenoxy) is 1. The van der Waals surface area contributed by atoms with E-state index in [1.165, 1.54) is 22.9 Å². The number of aromatic nitrogens is 3. The topological polar surface area (TPSA) is 110 Å². The lowest BCUT2D eigenvalue weighted by Crippen LogP contribution is -2.42. The number of nitrogens with zero attached hydrogens (tertiary/aromatic N) is 4. The third-order valence-electron chi connectivity index (χ3n) is 6.77. The van der Waals surface area contributed by atoms with Crippen LogP contribution in [0, 0.1) is 18.7 Å². The molecule has 2 atom stereocenters. The number of para-hydroxylation sites is 1. The Labute approximate surface area is 227 Å². The first kappa shape index (κ1) is 25.4. The quantitative estimate of drug-likeness (QED) is 0.375. The molecule has 2 aromatic heterocycles. The lowest BCUT2D eigenvalue weighted by molar-refractivity contribution is -0.117. The number of aryl methyl sites for hydroxylation is 2. The van der Waals surface area contributed by atoms with Crippen LogP contribution in [-0.4, -0.2) is 44.6 Å². The molecule has 0 fully saturated rings. The Bertz CT molecular complexity index is 1680. The van der Waals surface area contributed by atoms with E-state index in [2.05, 4.69) is 25.7 Å². The average molecular weight is 543 g/mol. The molecule has 11 heteroatoms. The maximum absolute atomic E-state index is 15.0. The minimum Gasteiger partial charge on any atom is -0.474 e. The van der Waals surface area contributed by atoms with E-state index < -0.39 is 29.7 Å². The van der Waals surface area contributed by atoms with Gasteiger partial charge >= 0.3 is 0 Å². The summed E-state index contributed by atoms with van der Waals surface area (Å²) in [4.78, 5) is 35.6. The number of benzodiazepines with no additional fused rings is 1. The molecule has 0 aliphatic carbocycles. The normalized spacial score (nSPS) is 18.0. The Morgan fingerprint density at radius 2 is 1.88 bits per heavy atom. The molecule has 9 nitrogen and oxygen atoms in total. The zero-order valence-corrected chi connectivity index (χ0v) is 21.6. The third kappa shape index (κ3) is 4.49. The van der Waals surface area contributed by atoms with Crippen LogP contribution in [0.15, 0.2) is 65.7 Å². The van der Waals surface area contributed by atoms with Gasteiger partial charge in [0.25, 0.3) is 11.8 Å². The second-order valence-electron chi connectivity index (χ2n) is 9.63. The van der Waals surface area contributed by atoms with Crippen LogP contribution in [0.4, 0.5) is 14.5 Å². The molecule has 0 saturated carbocycles. The van der Waals surface area contributed by atoms with Crippen molar-refractivity contribution >= 4 is 23.2 Å². The standard InChI is InChI=1S/C29H24F2N6O3/c1-15-11-12-19(25(31)32-15)24-21(29-37(36-24)14-13-16(2)40-29)27(38)35-26-28(39)34-23-18(9-6-10-20(23)30)22(33-26)17-7-4-3-5-8-17/h3-12,16,26H,13-14H2,1-2H3,(H,34,39)(H,35,38)/t16-,26-/m1/s1. The van der Waals surface area contributed by atoms with Gasteiger partial charge in [-0.05, 0) is 32.0 Å². The highest BCUT2D eigenvalue weighted by Crippen LogP contribution is 2.35. The van der Waals surface area contributed by atoms with Crippen molar-refractivity contribution < 1.29 is 23.1 Å². The SMILES string of the molecule is Cc1ccc(-c2nn3c(c2C(=O)N[C@H]2N=C(c4ccccc4)c4cccc(F)c4NC2=O)O[C@H](C)CC3)c(F)n1. The molecule has 0 unspecified atom stereocenters. The molecule has 2 aliphatic rings. The van der Waals surface area contributed by atoms with Crippen molar-refractivity contribution in [1.29, 1.82) is 0 Å². The van der Waals surface area contributed by atoms with Gasteiger partial charge in [0.1, 0.15) is 17.1 Å². The second kappa shape index (κ2) is 9.99. The van der Waals surface area contributed by atoms with Crippen molar-refractivity contribution in [1.82, 2.24) is 20.1 Å². The van der Waals surface area contributed by atoms with Gasteiger partial charge < -0.3 is 15.4 Å². The number of amides is 2. The minimum absolute atomic E-state index is 0.0159. The Morgan fingerprint density at radius 3 is 2.65 bits per heavy atom. The van der Waals surface area contributed by atoms with Crippen LogP contribution < -0.4 is 15.4 Å². The molecular weight excluding hydrogens is 518 g/mol. The van der Waals surface area contributed by atoms with Crippen LogP contribution in [0.25, 0.3) is 11.3 Å². The fourth-order valence-corrected chi connectivity index (χ4v) is 4.78. The van der Waals surface area contributed by atoms with E-state index in [9.17, 15) is 18.4 Å². The molecule has 2 amide bonds. The lowest BCUT2D eigenvalue weighted by atomic mass is 10.0. The molecule has 0 spiro atoms. The molecule has 2 aliphatic heterocycles. The Morgan fingerprint density at radius 1 is 1.07 bits per heavy atom. The van der Waals surface area contributed by atoms with Crippen LogP contribution in [0.2, 0.25) is 0 Å². The number of aliphatic imine (C=N–C) groups is 1. The molecule has 4 aromatic rings. The number of pyridine rings is 1. The zero-order chi connectivity index (χ0) is 28.0. The summed E-state index contributed by atoms with van der Waals surface area (Å²) in [7, 11) is 0. The number of benzene rings is 2. The summed E-state index contributed by atoms with van der Waals surface area (Å²) in [6.45, 7) is 3.95. The second-order valence-corrected chi connectivity index (χ2v) is 9.63. The fraction of sp³-hybridized carbons (Fsp3) is 0.207. The number of carbonyl (C=O) groups is 2. The largest absolute Gasteiger partial charge is 0.474 e. The summed E-state index contributed by atoms with van der Waals surface area (Å²) in [5.74, 6) is -2.78. The van der Waals surface area contributed by atoms with Gasteiger partial charge in [-0.25, -0.2) is 19.0 Å². The van der Waals surface area contributed by atoms with Crippen LogP contribution in [0.5, 0.6) is 5.88 Å². The molecule has 6 rings (SSSR count). The predicted octanol–water partition coefficient (Wildman–Crippen LogP) is 4.25. The Kier molecular flexibility index (Phi) is 6.33. The highest BCUT2D eigenvalue weighted by Gasteiger charge is 2.35. The first-order chi connectivity index (χ1) is 19.3. The van der Waals surface area contributed by atoms with Crippen molar-refractivity contribution in [2.75, 3.05) is 5.32 Å². The third-order valence-corrected chi connectivity index (χ3v) is 6.77. The number of hydrogen-bond acceptors (Lipinski definition) is 6. The van der Waals surface area contributed by atoms with Gasteiger partial charge in [0, 0.05) is 29.8 Å². The summed E-state index contributed by atoms with van der Waals surface area (Å²) < 4.78 is 37.3. The fourth-order valence-electron chi connectivity index (χ4n) is 4.78. The van der Waals surface area contributed by atoms with Crippen LogP contribution >= 0.6 is 0 Å². The van der Waals surface area contributed by atoms with Crippen molar-refractivity contribution in [2.45, 2.75) is 39.1 Å². The van der Waals surface area contributed by atoms with E-state index in [4.69, 9.17) is 4.74 Å². The van der Waals surface area contributed by atoms with Gasteiger partial charge in [-0.1, -0.05) is 42.5 Å². The summed E-state index contributed by atoms with van der Waals surface area (Å²) in [5, 5.41) is 9.66. The van der Waals surface area contributed by atoms with Crippen LogP contribution in [-0.2, 0) is 11.3 Å². The molecule has 2 N–H and O–H groups in total. The van der Waals surface area contributed by atoms with Gasteiger partial charge in [-0.3, -0.25) is 9.59 Å². The monoisotopic (exact) mass is 542 g/mol. The minimum atomic E-state index is -1.44. The molecule has 40 heavy (non-hydrogen) atoms. The van der Waals surface area contributed by atoms with Crippen molar-refractivity contribution in [3.63, 3.8) is 0 Å². The maximum atomic E-state index is 15.0. The Balaban J connectivity index is 1.44. The van der Waals surface area contributed by atoms with E-state index in [0.717, 1.165) is 0 Å². The summed E-state index contributed by atoms with van der Waals surface area (Å²) >= 11 is 0. The first-order valence-electron chi connectivity index (χ1n) is 12.7. The number of fused-ring (bicyclic) bond motifs is 2. The highest BCUT2D eigenvalue weighted by molar-refractivity contribution is 6.20. The van der Waals surface area contributed by atoms with Crippen molar-refractivity contribution in [3.8, 4) is 17.1 Å². The van der Waals surface area contributed by atoms with E-state index in [-0.39, 0.29) is 34.5 Å². The van der Waals surface area contributed by atoms with Gasteiger partial charge in [0.15, 0.2) is 0 Å². The number of rotatable bonds is 4. The summed E-state index contributed by atoms with van der Waals surface area (Å²) in [6, 6.07) is 16.5. The Hall–Kier alpha value is -4.93. The molecule has 0 radical (unpaired) electrons. The zero-order valence-electron chi connectivity index (χ0n) is 21.6. The molecule has 202 valence electrons. The molecule has 0 saturated heterocycles. The van der Waals surface area contributed by atoms with Gasteiger partial charge in [-0.15, -0.1) is 0 Å². The van der Waals surface area contributed by atoms with Crippen molar-refractivity contribution in [2.24, 2.45) is 4.99 Å². The van der Waals surface area contributed by atoms with E-state index in [1.807, 2.05) is 13.0 Å². The smallest absolute Gasteiger partial charge is 0.269 e. The number of halogens is 2. The number of carbonyl (C=O) groups excluding carboxylic acids is 2. The highest BCUT2D eigenvalue weighted by atomic mass is 19.1. The summed E-state index contributed by atoms with van der Waals surface area (Å²) in [6.07, 6.45) is -1.02. The number of nitrogens with one attached hydrogen (secondary N) is 2.